The molecule has 10 nitrogen and oxygen atoms in total. The molecule has 0 unspecified atom stereocenters. The predicted molar refractivity (Wildman–Crippen MR) is 158 cm³/mol. The number of alkyl carbamates (subject to hydrolysis) is 1. The highest BCUT2D eigenvalue weighted by Gasteiger charge is 2.29. The number of carbonyl (C=O) groups is 4. The maximum Gasteiger partial charge on any atom is 0.408 e. The minimum Gasteiger partial charge on any atom is -0.462 e. The van der Waals surface area contributed by atoms with E-state index in [0.29, 0.717) is 19.3 Å². The third-order valence-electron chi connectivity index (χ3n) is 5.72. The number of nitrogens with one attached hydrogen (secondary N) is 3. The van der Waals surface area contributed by atoms with Crippen molar-refractivity contribution in [3.8, 4) is 0 Å². The smallest absolute Gasteiger partial charge is 0.408 e. The second-order valence-electron chi connectivity index (χ2n) is 12.7. The minimum absolute atomic E-state index is 0.0949. The lowest BCUT2D eigenvalue weighted by Gasteiger charge is -2.26. The van der Waals surface area contributed by atoms with Crippen molar-refractivity contribution in [2.45, 2.75) is 112 Å². The van der Waals surface area contributed by atoms with Gasteiger partial charge in [0.15, 0.2) is 0 Å². The van der Waals surface area contributed by atoms with Gasteiger partial charge in [0.05, 0.1) is 6.04 Å². The quantitative estimate of drug-likeness (QED) is 0.189. The Bertz CT molecular complexity index is 958. The van der Waals surface area contributed by atoms with E-state index in [1.165, 1.54) is 0 Å². The molecule has 3 atom stereocenters. The van der Waals surface area contributed by atoms with Crippen LogP contribution >= 0.6 is 0 Å². The first-order chi connectivity index (χ1) is 19.1. The van der Waals surface area contributed by atoms with Crippen molar-refractivity contribution in [3.05, 3.63) is 35.9 Å². The van der Waals surface area contributed by atoms with E-state index in [9.17, 15) is 19.2 Å². The molecule has 0 bridgehead atoms. The molecule has 232 valence electrons. The fourth-order valence-corrected chi connectivity index (χ4v) is 4.06. The van der Waals surface area contributed by atoms with Gasteiger partial charge in [-0.05, 0) is 63.4 Å². The molecule has 41 heavy (non-hydrogen) atoms. The van der Waals surface area contributed by atoms with Crippen LogP contribution in [-0.2, 0) is 30.4 Å². The van der Waals surface area contributed by atoms with Crippen molar-refractivity contribution in [2.24, 2.45) is 17.8 Å². The van der Waals surface area contributed by atoms with Crippen molar-refractivity contribution < 1.29 is 33.4 Å². The zero-order valence-corrected chi connectivity index (χ0v) is 26.2. The Balaban J connectivity index is 2.83. The Morgan fingerprint density at radius 2 is 1.22 bits per heavy atom. The number of carbonyl (C=O) groups excluding carboxylic acids is 4. The third-order valence-corrected chi connectivity index (χ3v) is 5.72. The summed E-state index contributed by atoms with van der Waals surface area (Å²) in [5.74, 6) is -0.700. The summed E-state index contributed by atoms with van der Waals surface area (Å²) in [6, 6.07) is 6.52. The molecule has 0 aliphatic heterocycles. The largest absolute Gasteiger partial charge is 0.462 e. The molecule has 0 spiro atoms. The molecule has 10 heteroatoms. The van der Waals surface area contributed by atoms with Gasteiger partial charge in [-0.15, -0.1) is 0 Å². The molecular weight excluding hydrogens is 526 g/mol. The normalized spacial score (nSPS) is 13.8. The Morgan fingerprint density at radius 1 is 0.707 bits per heavy atom. The lowest BCUT2D eigenvalue weighted by Crippen LogP contribution is -2.51. The lowest BCUT2D eigenvalue weighted by atomic mass is 10.0. The fourth-order valence-electron chi connectivity index (χ4n) is 4.06. The SMILES string of the molecule is CC(C)C[C@@H](COC(=O)[C@@H](CC(C)C)NC(=O)OC(C)(C)C)NC(=O)N[C@H](CC(C)C)C(=O)OCc1ccccc1. The highest BCUT2D eigenvalue weighted by atomic mass is 16.6. The molecule has 0 saturated heterocycles. The van der Waals surface area contributed by atoms with E-state index in [2.05, 4.69) is 16.0 Å². The van der Waals surface area contributed by atoms with Crippen molar-refractivity contribution >= 4 is 24.1 Å². The Hall–Kier alpha value is -3.30. The number of hydrogen-bond donors (Lipinski definition) is 3. The number of urea groups is 1. The zero-order chi connectivity index (χ0) is 31.2. The van der Waals surface area contributed by atoms with Crippen LogP contribution in [0.4, 0.5) is 9.59 Å². The topological polar surface area (TPSA) is 132 Å². The average Bonchev–Trinajstić information content (AvgIpc) is 2.83. The van der Waals surface area contributed by atoms with E-state index in [1.807, 2.05) is 71.9 Å². The van der Waals surface area contributed by atoms with Crippen LogP contribution in [-0.4, -0.2) is 54.4 Å². The number of hydrogen-bond acceptors (Lipinski definition) is 7. The predicted octanol–water partition coefficient (Wildman–Crippen LogP) is 5.34. The van der Waals surface area contributed by atoms with Crippen LogP contribution in [0.1, 0.15) is 87.1 Å². The Kier molecular flexibility index (Phi) is 15.2. The van der Waals surface area contributed by atoms with Crippen LogP contribution in [0.15, 0.2) is 30.3 Å². The van der Waals surface area contributed by atoms with Gasteiger partial charge in [-0.2, -0.15) is 0 Å². The third kappa shape index (κ3) is 16.5. The van der Waals surface area contributed by atoms with Gasteiger partial charge in [0, 0.05) is 0 Å². The molecule has 1 rings (SSSR count). The summed E-state index contributed by atoms with van der Waals surface area (Å²) in [5.41, 5.74) is 0.140. The molecule has 0 fully saturated rings. The Labute approximate surface area is 245 Å². The second kappa shape index (κ2) is 17.5. The first kappa shape index (κ1) is 35.7. The van der Waals surface area contributed by atoms with Gasteiger partial charge in [0.1, 0.15) is 30.9 Å². The van der Waals surface area contributed by atoms with E-state index in [-0.39, 0.29) is 31.0 Å². The van der Waals surface area contributed by atoms with Gasteiger partial charge < -0.3 is 30.2 Å². The summed E-state index contributed by atoms with van der Waals surface area (Å²) in [7, 11) is 0. The zero-order valence-electron chi connectivity index (χ0n) is 26.2. The summed E-state index contributed by atoms with van der Waals surface area (Å²) in [6.07, 6.45) is 0.593. The highest BCUT2D eigenvalue weighted by molar-refractivity contribution is 5.84. The maximum atomic E-state index is 13.0. The molecule has 1 aromatic carbocycles. The van der Waals surface area contributed by atoms with Crippen LogP contribution in [0.3, 0.4) is 0 Å². The van der Waals surface area contributed by atoms with Crippen molar-refractivity contribution in [3.63, 3.8) is 0 Å². The van der Waals surface area contributed by atoms with Crippen molar-refractivity contribution in [2.75, 3.05) is 6.61 Å². The first-order valence-electron chi connectivity index (χ1n) is 14.5. The summed E-state index contributed by atoms with van der Waals surface area (Å²) < 4.78 is 16.3. The average molecular weight is 578 g/mol. The van der Waals surface area contributed by atoms with E-state index < -0.39 is 47.8 Å². The van der Waals surface area contributed by atoms with Gasteiger partial charge in [0.25, 0.3) is 0 Å². The molecular formula is C31H51N3O7. The molecule has 0 aliphatic carbocycles. The van der Waals surface area contributed by atoms with Crippen molar-refractivity contribution in [1.82, 2.24) is 16.0 Å². The molecule has 0 saturated carbocycles. The van der Waals surface area contributed by atoms with Gasteiger partial charge in [-0.25, -0.2) is 19.2 Å². The van der Waals surface area contributed by atoms with E-state index >= 15 is 0 Å². The Morgan fingerprint density at radius 3 is 1.73 bits per heavy atom. The van der Waals surface area contributed by atoms with E-state index in [0.717, 1.165) is 5.56 Å². The molecule has 0 aromatic heterocycles. The van der Waals surface area contributed by atoms with E-state index in [4.69, 9.17) is 14.2 Å². The van der Waals surface area contributed by atoms with Gasteiger partial charge >= 0.3 is 24.1 Å². The fraction of sp³-hybridized carbons (Fsp3) is 0.677. The minimum atomic E-state index is -0.895. The number of esters is 2. The summed E-state index contributed by atoms with van der Waals surface area (Å²) in [6.45, 7) is 17.0. The lowest BCUT2D eigenvalue weighted by molar-refractivity contribution is -0.148. The number of benzene rings is 1. The number of rotatable bonds is 15. The van der Waals surface area contributed by atoms with Crippen LogP contribution < -0.4 is 16.0 Å². The highest BCUT2D eigenvalue weighted by Crippen LogP contribution is 2.13. The number of amides is 3. The van der Waals surface area contributed by atoms with Crippen LogP contribution in [0, 0.1) is 17.8 Å². The summed E-state index contributed by atoms with van der Waals surface area (Å²) >= 11 is 0. The van der Waals surface area contributed by atoms with E-state index in [1.54, 1.807) is 20.8 Å². The van der Waals surface area contributed by atoms with Crippen molar-refractivity contribution in [1.29, 1.82) is 0 Å². The van der Waals surface area contributed by atoms with Gasteiger partial charge in [0.2, 0.25) is 0 Å². The summed E-state index contributed by atoms with van der Waals surface area (Å²) in [4.78, 5) is 51.0. The molecule has 0 aliphatic rings. The molecule has 1 aromatic rings. The van der Waals surface area contributed by atoms with Gasteiger partial charge in [-0.3, -0.25) is 0 Å². The maximum absolute atomic E-state index is 13.0. The van der Waals surface area contributed by atoms with Gasteiger partial charge in [-0.1, -0.05) is 71.9 Å². The summed E-state index contributed by atoms with van der Waals surface area (Å²) in [5, 5.41) is 8.18. The number of ether oxygens (including phenoxy) is 3. The van der Waals surface area contributed by atoms with Crippen LogP contribution in [0.2, 0.25) is 0 Å². The molecule has 3 amide bonds. The standard InChI is InChI=1S/C31H51N3O7/c1-20(2)15-24(19-40-28(36)26(17-22(5)6)34-30(38)41-31(7,8)9)32-29(37)33-25(16-21(3)4)27(35)39-18-23-13-11-10-12-14-23/h10-14,20-22,24-26H,15-19H2,1-9H3,(H,34,38)(H2,32,33,37)/t24-,25+,26+/m0/s1. The first-order valence-corrected chi connectivity index (χ1v) is 14.5. The molecule has 0 radical (unpaired) electrons. The molecule has 0 heterocycles. The van der Waals surface area contributed by atoms with Crippen LogP contribution in [0.25, 0.3) is 0 Å². The second-order valence-corrected chi connectivity index (χ2v) is 12.7. The molecule has 3 N–H and O–H groups in total. The van der Waals surface area contributed by atoms with Crippen LogP contribution in [0.5, 0.6) is 0 Å². The monoisotopic (exact) mass is 577 g/mol.